The molecular formula is C39H69NO7. The normalized spacial score (nSPS) is 13.5. The Morgan fingerprint density at radius 1 is 0.660 bits per heavy atom. The lowest BCUT2D eigenvalue weighted by molar-refractivity contribution is -0.889. The summed E-state index contributed by atoms with van der Waals surface area (Å²) in [5.41, 5.74) is 0. The van der Waals surface area contributed by atoms with Gasteiger partial charge < -0.3 is 28.6 Å². The van der Waals surface area contributed by atoms with Crippen molar-refractivity contribution in [1.29, 1.82) is 0 Å². The van der Waals surface area contributed by atoms with Crippen LogP contribution in [0.5, 0.6) is 0 Å². The van der Waals surface area contributed by atoms with Crippen molar-refractivity contribution >= 4 is 17.9 Å². The maximum Gasteiger partial charge on any atom is 0.306 e. The van der Waals surface area contributed by atoms with Gasteiger partial charge in [-0.05, 0) is 32.1 Å². The zero-order chi connectivity index (χ0) is 35.0. The fourth-order valence-electron chi connectivity index (χ4n) is 5.19. The Morgan fingerprint density at radius 2 is 1.19 bits per heavy atom. The van der Waals surface area contributed by atoms with Gasteiger partial charge in [0.1, 0.15) is 12.6 Å². The fourth-order valence-corrected chi connectivity index (χ4v) is 5.19. The lowest BCUT2D eigenvalue weighted by Gasteiger charge is -2.34. The Hall–Kier alpha value is -2.45. The molecule has 0 bridgehead atoms. The molecule has 0 aromatic carbocycles. The lowest BCUT2D eigenvalue weighted by atomic mass is 10.1. The number of aliphatic carboxylic acids is 1. The molecule has 8 heteroatoms. The van der Waals surface area contributed by atoms with Crippen molar-refractivity contribution in [2.45, 2.75) is 154 Å². The van der Waals surface area contributed by atoms with Gasteiger partial charge in [0.2, 0.25) is 0 Å². The van der Waals surface area contributed by atoms with E-state index in [9.17, 15) is 19.5 Å². The smallest absolute Gasteiger partial charge is 0.306 e. The first-order valence-corrected chi connectivity index (χ1v) is 18.5. The van der Waals surface area contributed by atoms with Gasteiger partial charge in [-0.3, -0.25) is 9.59 Å². The van der Waals surface area contributed by atoms with Gasteiger partial charge in [0, 0.05) is 19.3 Å². The van der Waals surface area contributed by atoms with Gasteiger partial charge in [-0.15, -0.1) is 0 Å². The monoisotopic (exact) mass is 664 g/mol. The molecule has 0 spiro atoms. The fraction of sp³-hybridized carbons (Fsp3) is 0.769. The van der Waals surface area contributed by atoms with Crippen LogP contribution < -0.4 is 5.11 Å². The number of likely N-dealkylation sites (N-methyl/N-ethyl adjacent to an activating group) is 1. The molecule has 47 heavy (non-hydrogen) atoms. The van der Waals surface area contributed by atoms with Crippen LogP contribution in [-0.4, -0.2) is 75.5 Å². The molecule has 0 aromatic heterocycles. The summed E-state index contributed by atoms with van der Waals surface area (Å²) in [5, 5.41) is 11.6. The van der Waals surface area contributed by atoms with Crippen molar-refractivity contribution in [2.75, 3.05) is 41.0 Å². The van der Waals surface area contributed by atoms with E-state index in [1.807, 2.05) is 12.2 Å². The number of carbonyl (C=O) groups excluding carboxylic acids is 3. The summed E-state index contributed by atoms with van der Waals surface area (Å²) in [6.45, 7) is 4.47. The number of rotatable bonds is 32. The molecule has 0 rings (SSSR count). The molecule has 0 aliphatic rings. The molecule has 0 aliphatic heterocycles. The summed E-state index contributed by atoms with van der Waals surface area (Å²) in [6.07, 6.45) is 31.7. The van der Waals surface area contributed by atoms with E-state index in [0.717, 1.165) is 64.2 Å². The molecule has 2 unspecified atom stereocenters. The van der Waals surface area contributed by atoms with Gasteiger partial charge in [-0.2, -0.15) is 0 Å². The van der Waals surface area contributed by atoms with Crippen LogP contribution in [0.3, 0.4) is 0 Å². The molecule has 0 aliphatic carbocycles. The Labute approximate surface area is 287 Å². The SMILES string of the molecule is CC/C=C/C=C/C=C/CCCCCCCC(=O)OC(COCCC(C(=O)[O-])[N+](C)(C)C)COC(=O)CCCCCCCCCCCC. The van der Waals surface area contributed by atoms with Crippen LogP contribution in [0, 0.1) is 0 Å². The van der Waals surface area contributed by atoms with Crippen molar-refractivity contribution in [3.63, 3.8) is 0 Å². The number of carboxylic acids is 1. The molecule has 8 nitrogen and oxygen atoms in total. The first kappa shape index (κ1) is 44.5. The summed E-state index contributed by atoms with van der Waals surface area (Å²) in [4.78, 5) is 36.6. The second-order valence-electron chi connectivity index (χ2n) is 13.5. The number of carboxylic acid groups (broad SMARTS) is 1. The highest BCUT2D eigenvalue weighted by Crippen LogP contribution is 2.13. The van der Waals surface area contributed by atoms with E-state index in [1.165, 1.54) is 44.9 Å². The predicted octanol–water partition coefficient (Wildman–Crippen LogP) is 7.79. The Morgan fingerprint density at radius 3 is 1.74 bits per heavy atom. The average Bonchev–Trinajstić information content (AvgIpc) is 3.01. The largest absolute Gasteiger partial charge is 0.544 e. The van der Waals surface area contributed by atoms with Crippen LogP contribution in [0.1, 0.15) is 142 Å². The minimum absolute atomic E-state index is 0.0335. The van der Waals surface area contributed by atoms with E-state index in [-0.39, 0.29) is 42.7 Å². The molecule has 0 saturated heterocycles. The molecule has 0 N–H and O–H groups in total. The summed E-state index contributed by atoms with van der Waals surface area (Å²) in [6, 6.07) is -0.726. The summed E-state index contributed by atoms with van der Waals surface area (Å²) in [5.74, 6) is -1.77. The van der Waals surface area contributed by atoms with Gasteiger partial charge in [0.05, 0.1) is 40.3 Å². The second kappa shape index (κ2) is 30.9. The van der Waals surface area contributed by atoms with Gasteiger partial charge in [0.15, 0.2) is 6.10 Å². The van der Waals surface area contributed by atoms with E-state index in [4.69, 9.17) is 14.2 Å². The van der Waals surface area contributed by atoms with Crippen molar-refractivity contribution in [1.82, 2.24) is 0 Å². The zero-order valence-corrected chi connectivity index (χ0v) is 30.7. The molecule has 272 valence electrons. The first-order valence-electron chi connectivity index (χ1n) is 18.5. The van der Waals surface area contributed by atoms with Crippen LogP contribution in [0.2, 0.25) is 0 Å². The molecule has 0 fully saturated rings. The maximum absolute atomic E-state index is 12.6. The van der Waals surface area contributed by atoms with Gasteiger partial charge in [-0.1, -0.05) is 127 Å². The third-order valence-electron chi connectivity index (χ3n) is 8.10. The quantitative estimate of drug-likeness (QED) is 0.0313. The zero-order valence-electron chi connectivity index (χ0n) is 30.7. The number of nitrogens with zero attached hydrogens (tertiary/aromatic N) is 1. The molecule has 0 heterocycles. The van der Waals surface area contributed by atoms with Crippen molar-refractivity contribution in [3.8, 4) is 0 Å². The van der Waals surface area contributed by atoms with Crippen molar-refractivity contribution in [2.24, 2.45) is 0 Å². The highest BCUT2D eigenvalue weighted by Gasteiger charge is 2.25. The minimum atomic E-state index is -1.13. The highest BCUT2D eigenvalue weighted by molar-refractivity contribution is 5.70. The lowest BCUT2D eigenvalue weighted by Crippen LogP contribution is -2.55. The van der Waals surface area contributed by atoms with Crippen molar-refractivity contribution < 1.29 is 38.2 Å². The Kier molecular flexibility index (Phi) is 29.2. The minimum Gasteiger partial charge on any atom is -0.544 e. The second-order valence-corrected chi connectivity index (χ2v) is 13.5. The maximum atomic E-state index is 12.6. The standard InChI is InChI=1S/C39H69NO7/c1-6-8-10-12-14-16-18-19-20-22-24-26-28-30-38(42)47-35(33-45-32-31-36(39(43)44)40(3,4)5)34-46-37(41)29-27-25-23-21-17-15-13-11-9-7-2/h8,10,12,14,16,18,35-36H,6-7,9,11,13,15,17,19-34H2,1-5H3/b10-8+,14-12+,18-16+. The van der Waals surface area contributed by atoms with Crippen LogP contribution in [0.4, 0.5) is 0 Å². The summed E-state index contributed by atoms with van der Waals surface area (Å²) < 4.78 is 17.0. The molecular weight excluding hydrogens is 594 g/mol. The number of allylic oxidation sites excluding steroid dienone is 6. The first-order chi connectivity index (χ1) is 22.6. The molecule has 0 amide bonds. The molecule has 0 saturated carbocycles. The summed E-state index contributed by atoms with van der Waals surface area (Å²) >= 11 is 0. The van der Waals surface area contributed by atoms with E-state index in [0.29, 0.717) is 12.8 Å². The number of quaternary nitrogens is 1. The van der Waals surface area contributed by atoms with Crippen LogP contribution in [0.25, 0.3) is 0 Å². The predicted molar refractivity (Wildman–Crippen MR) is 190 cm³/mol. The number of unbranched alkanes of at least 4 members (excludes halogenated alkanes) is 14. The Balaban J connectivity index is 4.48. The van der Waals surface area contributed by atoms with Crippen LogP contribution in [0.15, 0.2) is 36.5 Å². The highest BCUT2D eigenvalue weighted by atomic mass is 16.6. The van der Waals surface area contributed by atoms with Crippen LogP contribution >= 0.6 is 0 Å². The average molecular weight is 664 g/mol. The van der Waals surface area contributed by atoms with E-state index in [1.54, 1.807) is 21.1 Å². The van der Waals surface area contributed by atoms with E-state index in [2.05, 4.69) is 38.2 Å². The molecule has 0 aromatic rings. The summed E-state index contributed by atoms with van der Waals surface area (Å²) in [7, 11) is 5.38. The third-order valence-corrected chi connectivity index (χ3v) is 8.10. The topological polar surface area (TPSA) is 102 Å². The van der Waals surface area contributed by atoms with E-state index >= 15 is 0 Å². The Bertz CT molecular complexity index is 875. The third kappa shape index (κ3) is 29.4. The molecule has 2 atom stereocenters. The van der Waals surface area contributed by atoms with Crippen molar-refractivity contribution in [3.05, 3.63) is 36.5 Å². The molecule has 0 radical (unpaired) electrons. The number of ether oxygens (including phenoxy) is 3. The van der Waals surface area contributed by atoms with Gasteiger partial charge in [0.25, 0.3) is 0 Å². The number of hydrogen-bond acceptors (Lipinski definition) is 7. The number of hydrogen-bond donors (Lipinski definition) is 0. The van der Waals surface area contributed by atoms with Gasteiger partial charge >= 0.3 is 11.9 Å². The number of carbonyl (C=O) groups is 3. The number of esters is 2. The van der Waals surface area contributed by atoms with E-state index < -0.39 is 18.1 Å². The van der Waals surface area contributed by atoms with Crippen LogP contribution in [-0.2, 0) is 28.6 Å². The van der Waals surface area contributed by atoms with Gasteiger partial charge in [-0.25, -0.2) is 0 Å².